The summed E-state index contributed by atoms with van der Waals surface area (Å²) in [5.41, 5.74) is 8.43. The van der Waals surface area contributed by atoms with Crippen molar-refractivity contribution in [2.24, 2.45) is 0 Å². The second-order valence-electron chi connectivity index (χ2n) is 8.69. The van der Waals surface area contributed by atoms with Crippen molar-refractivity contribution in [1.29, 1.82) is 0 Å². The SMILES string of the molecule is C=CC(=O)N1CCC[C@@H](n2nc(-c3ccc(NC(=O)c4ccco4)c4c3OCO4)c3c(N)ncnc32)C1. The average Bonchev–Trinajstić information content (AvgIpc) is 3.69. The number of nitrogens with zero attached hydrogens (tertiary/aromatic N) is 5. The predicted molar refractivity (Wildman–Crippen MR) is 133 cm³/mol. The van der Waals surface area contributed by atoms with Crippen LogP contribution in [0.15, 0.2) is 53.9 Å². The molecule has 12 heteroatoms. The van der Waals surface area contributed by atoms with Gasteiger partial charge >= 0.3 is 0 Å². The van der Waals surface area contributed by atoms with E-state index in [9.17, 15) is 9.59 Å². The van der Waals surface area contributed by atoms with Crippen LogP contribution in [0.3, 0.4) is 0 Å². The van der Waals surface area contributed by atoms with E-state index in [0.29, 0.717) is 52.6 Å². The summed E-state index contributed by atoms with van der Waals surface area (Å²) in [6.07, 6.45) is 5.78. The minimum atomic E-state index is -0.418. The second-order valence-corrected chi connectivity index (χ2v) is 8.69. The highest BCUT2D eigenvalue weighted by molar-refractivity contribution is 6.05. The third-order valence-corrected chi connectivity index (χ3v) is 6.51. The lowest BCUT2D eigenvalue weighted by Gasteiger charge is -2.32. The molecule has 1 atom stereocenters. The molecule has 2 aliphatic heterocycles. The number of likely N-dealkylation sites (tertiary alicyclic amines) is 1. The summed E-state index contributed by atoms with van der Waals surface area (Å²) in [6, 6.07) is 6.57. The lowest BCUT2D eigenvalue weighted by atomic mass is 10.1. The van der Waals surface area contributed by atoms with Gasteiger partial charge in [-0.25, -0.2) is 14.6 Å². The van der Waals surface area contributed by atoms with Crippen LogP contribution in [-0.4, -0.2) is 56.3 Å². The van der Waals surface area contributed by atoms with Crippen LogP contribution in [0.4, 0.5) is 11.5 Å². The second kappa shape index (κ2) is 8.97. The van der Waals surface area contributed by atoms with E-state index in [1.807, 2.05) is 0 Å². The third kappa shape index (κ3) is 3.82. The van der Waals surface area contributed by atoms with Crippen molar-refractivity contribution in [3.63, 3.8) is 0 Å². The molecule has 2 amide bonds. The fourth-order valence-electron chi connectivity index (χ4n) is 4.80. The third-order valence-electron chi connectivity index (χ3n) is 6.51. The summed E-state index contributed by atoms with van der Waals surface area (Å²) < 4.78 is 18.5. The Bertz CT molecular complexity index is 1530. The first-order valence-corrected chi connectivity index (χ1v) is 11.7. The normalized spacial score (nSPS) is 16.6. The van der Waals surface area contributed by atoms with Crippen LogP contribution in [0.5, 0.6) is 11.5 Å². The molecule has 3 N–H and O–H groups in total. The highest BCUT2D eigenvalue weighted by Crippen LogP contribution is 2.48. The molecule has 12 nitrogen and oxygen atoms in total. The van der Waals surface area contributed by atoms with Crippen LogP contribution >= 0.6 is 0 Å². The average molecular weight is 502 g/mol. The number of hydrogen-bond donors (Lipinski definition) is 2. The van der Waals surface area contributed by atoms with E-state index >= 15 is 0 Å². The summed E-state index contributed by atoms with van der Waals surface area (Å²) in [5, 5.41) is 8.27. The van der Waals surface area contributed by atoms with Gasteiger partial charge in [-0.1, -0.05) is 6.58 Å². The van der Waals surface area contributed by atoms with E-state index in [2.05, 4.69) is 21.9 Å². The molecule has 5 heterocycles. The van der Waals surface area contributed by atoms with E-state index in [4.69, 9.17) is 24.7 Å². The van der Waals surface area contributed by atoms with Crippen molar-refractivity contribution in [2.75, 3.05) is 30.9 Å². The number of ether oxygens (including phenoxy) is 2. The lowest BCUT2D eigenvalue weighted by molar-refractivity contribution is -0.127. The highest BCUT2D eigenvalue weighted by atomic mass is 16.7. The molecule has 188 valence electrons. The molecule has 1 aromatic carbocycles. The number of nitrogens with one attached hydrogen (secondary N) is 1. The number of anilines is 2. The predicted octanol–water partition coefficient (Wildman–Crippen LogP) is 3.00. The number of aromatic nitrogens is 4. The molecule has 1 saturated heterocycles. The first-order valence-electron chi connectivity index (χ1n) is 11.7. The maximum absolute atomic E-state index is 12.5. The van der Waals surface area contributed by atoms with Crippen LogP contribution in [0.2, 0.25) is 0 Å². The minimum Gasteiger partial charge on any atom is -0.459 e. The quantitative estimate of drug-likeness (QED) is 0.393. The maximum atomic E-state index is 12.5. The van der Waals surface area contributed by atoms with Crippen molar-refractivity contribution in [3.05, 3.63) is 55.3 Å². The van der Waals surface area contributed by atoms with Crippen molar-refractivity contribution in [3.8, 4) is 22.8 Å². The monoisotopic (exact) mass is 501 g/mol. The maximum Gasteiger partial charge on any atom is 0.291 e. The fourth-order valence-corrected chi connectivity index (χ4v) is 4.80. The standard InChI is InChI=1S/C25H23N7O5/c1-2-18(33)31-9-3-5-14(11-31)32-24-19(23(26)27-12-28-24)20(30-32)15-7-8-16(22-21(15)36-13-37-22)29-25(34)17-6-4-10-35-17/h2,4,6-8,10,12,14H,1,3,5,9,11,13H2,(H,29,34)(H2,26,27,28)/t14-/m1/s1. The zero-order chi connectivity index (χ0) is 25.5. The van der Waals surface area contributed by atoms with Gasteiger partial charge in [0.05, 0.1) is 23.4 Å². The zero-order valence-corrected chi connectivity index (χ0v) is 19.7. The highest BCUT2D eigenvalue weighted by Gasteiger charge is 2.31. The Hall–Kier alpha value is -4.87. The molecule has 0 spiro atoms. The number of benzene rings is 1. The Morgan fingerprint density at radius 2 is 2.05 bits per heavy atom. The molecule has 0 saturated carbocycles. The van der Waals surface area contributed by atoms with Crippen molar-refractivity contribution in [1.82, 2.24) is 24.6 Å². The number of nitrogens with two attached hydrogens (primary N) is 1. The molecule has 4 aromatic rings. The smallest absolute Gasteiger partial charge is 0.291 e. The van der Waals surface area contributed by atoms with Gasteiger partial charge in [0.1, 0.15) is 17.8 Å². The molecule has 0 aliphatic carbocycles. The van der Waals surface area contributed by atoms with E-state index in [0.717, 1.165) is 12.8 Å². The number of furan rings is 1. The van der Waals surface area contributed by atoms with E-state index in [1.165, 1.54) is 18.7 Å². The van der Waals surface area contributed by atoms with Gasteiger partial charge < -0.3 is 29.8 Å². The number of rotatable bonds is 5. The molecule has 1 fully saturated rings. The Kier molecular flexibility index (Phi) is 5.48. The van der Waals surface area contributed by atoms with Gasteiger partial charge in [0.2, 0.25) is 12.7 Å². The first kappa shape index (κ1) is 22.6. The molecular formula is C25H23N7O5. The molecule has 6 rings (SSSR count). The van der Waals surface area contributed by atoms with Crippen molar-refractivity contribution < 1.29 is 23.5 Å². The summed E-state index contributed by atoms with van der Waals surface area (Å²) in [7, 11) is 0. The van der Waals surface area contributed by atoms with Gasteiger partial charge in [0, 0.05) is 18.7 Å². The largest absolute Gasteiger partial charge is 0.459 e. The van der Waals surface area contributed by atoms with Crippen LogP contribution in [-0.2, 0) is 4.79 Å². The van der Waals surface area contributed by atoms with Gasteiger partial charge in [-0.2, -0.15) is 5.10 Å². The van der Waals surface area contributed by atoms with Gasteiger partial charge in [-0.05, 0) is 43.2 Å². The molecule has 0 bridgehead atoms. The number of hydrogen-bond acceptors (Lipinski definition) is 9. The van der Waals surface area contributed by atoms with Crippen LogP contribution in [0, 0.1) is 0 Å². The van der Waals surface area contributed by atoms with E-state index in [1.54, 1.807) is 33.8 Å². The van der Waals surface area contributed by atoms with Crippen LogP contribution in [0.1, 0.15) is 29.4 Å². The minimum absolute atomic E-state index is 0.0260. The zero-order valence-electron chi connectivity index (χ0n) is 19.7. The molecular weight excluding hydrogens is 478 g/mol. The van der Waals surface area contributed by atoms with E-state index < -0.39 is 5.91 Å². The Morgan fingerprint density at radius 1 is 1.19 bits per heavy atom. The molecule has 3 aromatic heterocycles. The Labute approximate surface area is 210 Å². The summed E-state index contributed by atoms with van der Waals surface area (Å²) in [6.45, 7) is 4.71. The van der Waals surface area contributed by atoms with Gasteiger partial charge in [0.15, 0.2) is 22.9 Å². The molecule has 37 heavy (non-hydrogen) atoms. The summed E-state index contributed by atoms with van der Waals surface area (Å²) >= 11 is 0. The van der Waals surface area contributed by atoms with E-state index in [-0.39, 0.29) is 30.3 Å². The fraction of sp³-hybridized carbons (Fsp3) is 0.240. The van der Waals surface area contributed by atoms with Gasteiger partial charge in [-0.15, -0.1) is 0 Å². The summed E-state index contributed by atoms with van der Waals surface area (Å²) in [5.74, 6) is 0.687. The topological polar surface area (TPSA) is 151 Å². The molecule has 0 radical (unpaired) electrons. The Balaban J connectivity index is 1.42. The molecule has 2 aliphatic rings. The van der Waals surface area contributed by atoms with Crippen molar-refractivity contribution in [2.45, 2.75) is 18.9 Å². The molecule has 0 unspecified atom stereocenters. The van der Waals surface area contributed by atoms with Crippen LogP contribution < -0.4 is 20.5 Å². The number of carbonyl (C=O) groups is 2. The lowest BCUT2D eigenvalue weighted by Crippen LogP contribution is -2.40. The number of amides is 2. The van der Waals surface area contributed by atoms with Gasteiger partial charge in [0.25, 0.3) is 5.91 Å². The number of nitrogen functional groups attached to an aromatic ring is 1. The number of piperidine rings is 1. The van der Waals surface area contributed by atoms with Gasteiger partial charge in [-0.3, -0.25) is 9.59 Å². The van der Waals surface area contributed by atoms with Crippen molar-refractivity contribution >= 4 is 34.4 Å². The van der Waals surface area contributed by atoms with Crippen LogP contribution in [0.25, 0.3) is 22.3 Å². The Morgan fingerprint density at radius 3 is 2.86 bits per heavy atom. The first-order chi connectivity index (χ1) is 18.0. The number of carbonyl (C=O) groups excluding carboxylic acids is 2. The number of fused-ring (bicyclic) bond motifs is 2. The summed E-state index contributed by atoms with van der Waals surface area (Å²) in [4.78, 5) is 35.2.